The molecule has 3 rings (SSSR count). The fraction of sp³-hybridized carbons (Fsp3) is 0.600. The molecule has 7 heteroatoms. The van der Waals surface area contributed by atoms with Gasteiger partial charge in [0.05, 0.1) is 12.7 Å². The molecule has 0 aromatic heterocycles. The van der Waals surface area contributed by atoms with E-state index < -0.39 is 17.2 Å². The number of esters is 1. The van der Waals surface area contributed by atoms with Gasteiger partial charge in [0.2, 0.25) is 0 Å². The van der Waals surface area contributed by atoms with Crippen molar-refractivity contribution in [3.8, 4) is 11.5 Å². The third kappa shape index (κ3) is 4.12. The van der Waals surface area contributed by atoms with E-state index in [1.807, 2.05) is 33.8 Å². The van der Waals surface area contributed by atoms with Crippen LogP contribution in [-0.4, -0.2) is 55.0 Å². The van der Waals surface area contributed by atoms with Crippen molar-refractivity contribution in [3.05, 3.63) is 23.3 Å². The van der Waals surface area contributed by atoms with Gasteiger partial charge in [-0.15, -0.1) is 0 Å². The highest BCUT2D eigenvalue weighted by Gasteiger charge is 2.43. The summed E-state index contributed by atoms with van der Waals surface area (Å²) in [5, 5.41) is 0. The SMILES string of the molecule is COC(=O)c1cc2c(cc1C)OC1(CCN(C(=O)OC(C)(C)C)CC1)CO2. The van der Waals surface area contributed by atoms with Gasteiger partial charge in [0.25, 0.3) is 0 Å². The predicted octanol–water partition coefficient (Wildman–Crippen LogP) is 3.32. The second kappa shape index (κ2) is 6.94. The van der Waals surface area contributed by atoms with E-state index in [-0.39, 0.29) is 6.09 Å². The van der Waals surface area contributed by atoms with Crippen molar-refractivity contribution in [2.24, 2.45) is 0 Å². The van der Waals surface area contributed by atoms with Crippen LogP contribution in [0.1, 0.15) is 49.5 Å². The van der Waals surface area contributed by atoms with E-state index in [1.165, 1.54) is 7.11 Å². The molecule has 27 heavy (non-hydrogen) atoms. The highest BCUT2D eigenvalue weighted by atomic mass is 16.6. The number of aryl methyl sites for hydroxylation is 1. The van der Waals surface area contributed by atoms with Crippen LogP contribution in [0.15, 0.2) is 12.1 Å². The minimum Gasteiger partial charge on any atom is -0.485 e. The number of benzene rings is 1. The molecule has 0 radical (unpaired) electrons. The summed E-state index contributed by atoms with van der Waals surface area (Å²) in [6.07, 6.45) is 1.01. The molecule has 2 aliphatic rings. The molecule has 1 spiro atoms. The fourth-order valence-corrected chi connectivity index (χ4v) is 3.33. The summed E-state index contributed by atoms with van der Waals surface area (Å²) in [4.78, 5) is 25.8. The van der Waals surface area contributed by atoms with Gasteiger partial charge < -0.3 is 23.8 Å². The normalized spacial score (nSPS) is 18.2. The Balaban J connectivity index is 1.69. The molecule has 2 aliphatic heterocycles. The van der Waals surface area contributed by atoms with Gasteiger partial charge in [0, 0.05) is 25.9 Å². The number of rotatable bonds is 1. The van der Waals surface area contributed by atoms with Crippen LogP contribution < -0.4 is 9.47 Å². The smallest absolute Gasteiger partial charge is 0.410 e. The highest BCUT2D eigenvalue weighted by Crippen LogP contribution is 2.41. The average Bonchev–Trinajstić information content (AvgIpc) is 2.59. The van der Waals surface area contributed by atoms with Crippen LogP contribution in [-0.2, 0) is 9.47 Å². The number of fused-ring (bicyclic) bond motifs is 1. The first-order valence-corrected chi connectivity index (χ1v) is 9.15. The summed E-state index contributed by atoms with van der Waals surface area (Å²) in [6, 6.07) is 3.47. The largest absolute Gasteiger partial charge is 0.485 e. The summed E-state index contributed by atoms with van der Waals surface area (Å²) in [7, 11) is 1.35. The van der Waals surface area contributed by atoms with Crippen LogP contribution in [0, 0.1) is 6.92 Å². The van der Waals surface area contributed by atoms with Crippen LogP contribution in [0.25, 0.3) is 0 Å². The van der Waals surface area contributed by atoms with Crippen molar-refractivity contribution in [2.75, 3.05) is 26.8 Å². The third-order valence-corrected chi connectivity index (χ3v) is 4.84. The fourth-order valence-electron chi connectivity index (χ4n) is 3.33. The van der Waals surface area contributed by atoms with E-state index in [9.17, 15) is 9.59 Å². The molecule has 1 aromatic carbocycles. The van der Waals surface area contributed by atoms with Crippen molar-refractivity contribution < 1.29 is 28.5 Å². The van der Waals surface area contributed by atoms with Gasteiger partial charge >= 0.3 is 12.1 Å². The summed E-state index contributed by atoms with van der Waals surface area (Å²) in [5.74, 6) is 0.767. The molecule has 0 atom stereocenters. The van der Waals surface area contributed by atoms with Gasteiger partial charge in [-0.3, -0.25) is 0 Å². The standard InChI is InChI=1S/C20H27NO6/c1-13-10-16-15(11-14(13)17(22)24-5)25-12-20(26-16)6-8-21(9-7-20)18(23)27-19(2,3)4/h10-11H,6-9,12H2,1-5H3. The Hall–Kier alpha value is -2.44. The lowest BCUT2D eigenvalue weighted by Crippen LogP contribution is -2.54. The topological polar surface area (TPSA) is 74.3 Å². The Morgan fingerprint density at radius 1 is 1.15 bits per heavy atom. The van der Waals surface area contributed by atoms with E-state index in [1.54, 1.807) is 11.0 Å². The van der Waals surface area contributed by atoms with Gasteiger partial charge in [0.1, 0.15) is 17.8 Å². The van der Waals surface area contributed by atoms with E-state index in [4.69, 9.17) is 18.9 Å². The van der Waals surface area contributed by atoms with Crippen LogP contribution >= 0.6 is 0 Å². The molecular formula is C20H27NO6. The van der Waals surface area contributed by atoms with E-state index >= 15 is 0 Å². The lowest BCUT2D eigenvalue weighted by molar-refractivity contribution is -0.0559. The maximum Gasteiger partial charge on any atom is 0.410 e. The van der Waals surface area contributed by atoms with Gasteiger partial charge in [-0.1, -0.05) is 0 Å². The van der Waals surface area contributed by atoms with E-state index in [0.29, 0.717) is 49.6 Å². The van der Waals surface area contributed by atoms with E-state index in [2.05, 4.69) is 0 Å². The lowest BCUT2D eigenvalue weighted by Gasteiger charge is -2.44. The zero-order chi connectivity index (χ0) is 19.8. The molecule has 0 saturated carbocycles. The van der Waals surface area contributed by atoms with Crippen LogP contribution in [0.3, 0.4) is 0 Å². The van der Waals surface area contributed by atoms with Gasteiger partial charge in [-0.2, -0.15) is 0 Å². The van der Waals surface area contributed by atoms with Crippen molar-refractivity contribution in [3.63, 3.8) is 0 Å². The minimum absolute atomic E-state index is 0.298. The molecule has 0 bridgehead atoms. The molecule has 1 amide bonds. The van der Waals surface area contributed by atoms with Crippen LogP contribution in [0.4, 0.5) is 4.79 Å². The summed E-state index contributed by atoms with van der Waals surface area (Å²) < 4.78 is 22.4. The second-order valence-electron chi connectivity index (χ2n) is 8.15. The maximum absolute atomic E-state index is 12.2. The first-order valence-electron chi connectivity index (χ1n) is 9.15. The monoisotopic (exact) mass is 377 g/mol. The number of nitrogens with zero attached hydrogens (tertiary/aromatic N) is 1. The third-order valence-electron chi connectivity index (χ3n) is 4.84. The Labute approximate surface area is 159 Å². The van der Waals surface area contributed by atoms with Crippen molar-refractivity contribution >= 4 is 12.1 Å². The van der Waals surface area contributed by atoms with Gasteiger partial charge in [0.15, 0.2) is 11.5 Å². The number of carbonyl (C=O) groups is 2. The number of methoxy groups -OCH3 is 1. The summed E-state index contributed by atoms with van der Waals surface area (Å²) in [6.45, 7) is 8.89. The van der Waals surface area contributed by atoms with Gasteiger partial charge in [-0.05, 0) is 45.4 Å². The number of hydrogen-bond donors (Lipinski definition) is 0. The number of likely N-dealkylation sites (tertiary alicyclic amines) is 1. The molecule has 1 fully saturated rings. The number of ether oxygens (including phenoxy) is 4. The lowest BCUT2D eigenvalue weighted by atomic mass is 9.91. The highest BCUT2D eigenvalue weighted by molar-refractivity contribution is 5.92. The van der Waals surface area contributed by atoms with Crippen molar-refractivity contribution in [1.29, 1.82) is 0 Å². The number of piperidine rings is 1. The number of carbonyl (C=O) groups excluding carboxylic acids is 2. The number of hydrogen-bond acceptors (Lipinski definition) is 6. The molecule has 148 valence electrons. The zero-order valence-electron chi connectivity index (χ0n) is 16.6. The van der Waals surface area contributed by atoms with E-state index in [0.717, 1.165) is 5.56 Å². The molecular weight excluding hydrogens is 350 g/mol. The molecule has 0 N–H and O–H groups in total. The molecule has 2 heterocycles. The zero-order valence-corrected chi connectivity index (χ0v) is 16.6. The molecule has 0 unspecified atom stereocenters. The Kier molecular flexibility index (Phi) is 4.97. The minimum atomic E-state index is -0.509. The summed E-state index contributed by atoms with van der Waals surface area (Å²) in [5.41, 5.74) is 0.262. The predicted molar refractivity (Wildman–Crippen MR) is 98.4 cm³/mol. The first-order chi connectivity index (χ1) is 12.6. The maximum atomic E-state index is 12.2. The number of amides is 1. The Morgan fingerprint density at radius 2 is 1.81 bits per heavy atom. The first kappa shape index (κ1) is 19.3. The quantitative estimate of drug-likeness (QED) is 0.699. The molecule has 0 aliphatic carbocycles. The average molecular weight is 377 g/mol. The summed E-state index contributed by atoms with van der Waals surface area (Å²) >= 11 is 0. The van der Waals surface area contributed by atoms with Gasteiger partial charge in [-0.25, -0.2) is 9.59 Å². The molecule has 1 aromatic rings. The second-order valence-corrected chi connectivity index (χ2v) is 8.15. The molecule has 1 saturated heterocycles. The van der Waals surface area contributed by atoms with Crippen molar-refractivity contribution in [2.45, 2.75) is 51.7 Å². The Bertz CT molecular complexity index is 744. The van der Waals surface area contributed by atoms with Crippen molar-refractivity contribution in [1.82, 2.24) is 4.90 Å². The van der Waals surface area contributed by atoms with Crippen LogP contribution in [0.2, 0.25) is 0 Å². The van der Waals surface area contributed by atoms with Crippen LogP contribution in [0.5, 0.6) is 11.5 Å². The molecule has 7 nitrogen and oxygen atoms in total. The Morgan fingerprint density at radius 3 is 2.41 bits per heavy atom.